The lowest BCUT2D eigenvalue weighted by Crippen LogP contribution is -2.18. The minimum atomic E-state index is 0.396. The zero-order valence-corrected chi connectivity index (χ0v) is 9.57. The van der Waals surface area contributed by atoms with Crippen molar-refractivity contribution in [3.05, 3.63) is 12.5 Å². The molecule has 5 nitrogen and oxygen atoms in total. The van der Waals surface area contributed by atoms with Crippen molar-refractivity contribution in [1.29, 1.82) is 0 Å². The van der Waals surface area contributed by atoms with E-state index in [9.17, 15) is 0 Å². The summed E-state index contributed by atoms with van der Waals surface area (Å²) in [6.07, 6.45) is 6.74. The van der Waals surface area contributed by atoms with Gasteiger partial charge in [0.05, 0.1) is 11.9 Å². The van der Waals surface area contributed by atoms with Gasteiger partial charge in [-0.1, -0.05) is 0 Å². The number of nitrogens with two attached hydrogens (primary N) is 1. The van der Waals surface area contributed by atoms with E-state index in [1.54, 1.807) is 13.3 Å². The van der Waals surface area contributed by atoms with Crippen LogP contribution in [0.5, 0.6) is 0 Å². The molecule has 1 aliphatic rings. The summed E-state index contributed by atoms with van der Waals surface area (Å²) in [6, 6.07) is 0. The van der Waals surface area contributed by atoms with Crippen molar-refractivity contribution in [2.45, 2.75) is 19.3 Å². The highest BCUT2D eigenvalue weighted by molar-refractivity contribution is 5.59. The number of hydrogen-bond acceptors (Lipinski definition) is 5. The Morgan fingerprint density at radius 2 is 2.38 bits per heavy atom. The molecule has 1 aromatic heterocycles. The van der Waals surface area contributed by atoms with Crippen molar-refractivity contribution in [1.82, 2.24) is 9.97 Å². The van der Waals surface area contributed by atoms with Gasteiger partial charge in [0.25, 0.3) is 0 Å². The molecule has 1 heterocycles. The Hall–Kier alpha value is -1.36. The van der Waals surface area contributed by atoms with Crippen molar-refractivity contribution in [3.8, 4) is 0 Å². The third kappa shape index (κ3) is 2.61. The van der Waals surface area contributed by atoms with Crippen LogP contribution in [-0.4, -0.2) is 30.2 Å². The molecule has 1 fully saturated rings. The quantitative estimate of drug-likeness (QED) is 0.758. The number of rotatable bonds is 6. The average molecular weight is 222 g/mol. The number of nitrogens with zero attached hydrogens (tertiary/aromatic N) is 2. The van der Waals surface area contributed by atoms with E-state index in [1.807, 2.05) is 0 Å². The fraction of sp³-hybridized carbons (Fsp3) is 0.636. The van der Waals surface area contributed by atoms with Gasteiger partial charge in [0.2, 0.25) is 0 Å². The molecular weight excluding hydrogens is 204 g/mol. The molecule has 88 valence electrons. The lowest BCUT2D eigenvalue weighted by molar-refractivity contribution is 0.175. The maximum Gasteiger partial charge on any atom is 0.152 e. The number of ether oxygens (including phenoxy) is 1. The first-order chi connectivity index (χ1) is 7.76. The van der Waals surface area contributed by atoms with Crippen LogP contribution >= 0.6 is 0 Å². The summed E-state index contributed by atoms with van der Waals surface area (Å²) in [5, 5.41) is 3.29. The largest absolute Gasteiger partial charge is 0.394 e. The Morgan fingerprint density at radius 1 is 1.56 bits per heavy atom. The van der Waals surface area contributed by atoms with Crippen molar-refractivity contribution >= 4 is 11.5 Å². The van der Waals surface area contributed by atoms with Gasteiger partial charge < -0.3 is 15.8 Å². The molecule has 0 aromatic carbocycles. The van der Waals surface area contributed by atoms with E-state index >= 15 is 0 Å². The van der Waals surface area contributed by atoms with Crippen LogP contribution < -0.4 is 11.1 Å². The summed E-state index contributed by atoms with van der Waals surface area (Å²) in [6.45, 7) is 1.73. The molecule has 16 heavy (non-hydrogen) atoms. The van der Waals surface area contributed by atoms with Crippen LogP contribution in [0.15, 0.2) is 12.5 Å². The zero-order valence-electron chi connectivity index (χ0n) is 9.57. The molecule has 0 spiro atoms. The molecule has 0 radical (unpaired) electrons. The van der Waals surface area contributed by atoms with Crippen LogP contribution in [0.2, 0.25) is 0 Å². The number of nitrogen functional groups attached to an aromatic ring is 1. The molecule has 3 N–H and O–H groups in total. The van der Waals surface area contributed by atoms with Crippen molar-refractivity contribution < 1.29 is 4.74 Å². The van der Waals surface area contributed by atoms with E-state index in [0.29, 0.717) is 11.1 Å². The Morgan fingerprint density at radius 3 is 3.00 bits per heavy atom. The molecule has 1 aliphatic carbocycles. The predicted molar refractivity (Wildman–Crippen MR) is 63.1 cm³/mol. The van der Waals surface area contributed by atoms with Gasteiger partial charge in [-0.25, -0.2) is 9.97 Å². The second-order valence-corrected chi connectivity index (χ2v) is 4.42. The normalized spacial score (nSPS) is 17.1. The van der Waals surface area contributed by atoms with Gasteiger partial charge in [0.15, 0.2) is 5.82 Å². The second-order valence-electron chi connectivity index (χ2n) is 4.42. The lowest BCUT2D eigenvalue weighted by Gasteiger charge is -2.16. The summed E-state index contributed by atoms with van der Waals surface area (Å²) >= 11 is 0. The van der Waals surface area contributed by atoms with Gasteiger partial charge in [-0.2, -0.15) is 0 Å². The van der Waals surface area contributed by atoms with Gasteiger partial charge in [-0.15, -0.1) is 0 Å². The highest BCUT2D eigenvalue weighted by Crippen LogP contribution is 2.48. The smallest absolute Gasteiger partial charge is 0.152 e. The van der Waals surface area contributed by atoms with E-state index in [-0.39, 0.29) is 0 Å². The van der Waals surface area contributed by atoms with Crippen LogP contribution in [0.3, 0.4) is 0 Å². The second kappa shape index (κ2) is 4.65. The number of methoxy groups -OCH3 is 1. The highest BCUT2D eigenvalue weighted by Gasteiger charge is 2.41. The van der Waals surface area contributed by atoms with Gasteiger partial charge in [-0.3, -0.25) is 0 Å². The maximum atomic E-state index is 5.76. The summed E-state index contributed by atoms with van der Waals surface area (Å²) in [5.41, 5.74) is 6.76. The van der Waals surface area contributed by atoms with Crippen molar-refractivity contribution in [3.63, 3.8) is 0 Å². The molecule has 0 unspecified atom stereocenters. The zero-order chi connectivity index (χ0) is 11.4. The number of hydrogen-bond donors (Lipinski definition) is 2. The highest BCUT2D eigenvalue weighted by atomic mass is 16.5. The van der Waals surface area contributed by atoms with E-state index in [4.69, 9.17) is 10.5 Å². The number of anilines is 2. The monoisotopic (exact) mass is 222 g/mol. The van der Waals surface area contributed by atoms with Crippen molar-refractivity contribution in [2.75, 3.05) is 31.3 Å². The summed E-state index contributed by atoms with van der Waals surface area (Å²) in [5.74, 6) is 0.735. The van der Waals surface area contributed by atoms with E-state index < -0.39 is 0 Å². The third-order valence-electron chi connectivity index (χ3n) is 3.17. The standard InChI is InChI=1S/C11H18N4O/c1-16-5-4-11(2-3-11)7-14-10-9(12)6-13-8-15-10/h6,8H,2-5,7,12H2,1H3,(H,13,14,15). The first-order valence-corrected chi connectivity index (χ1v) is 5.54. The average Bonchev–Trinajstić information content (AvgIpc) is 3.06. The van der Waals surface area contributed by atoms with Gasteiger partial charge in [-0.05, 0) is 24.7 Å². The fourth-order valence-electron chi connectivity index (χ4n) is 1.77. The summed E-state index contributed by atoms with van der Waals surface area (Å²) < 4.78 is 5.12. The molecule has 0 atom stereocenters. The van der Waals surface area contributed by atoms with Crippen LogP contribution in [0.1, 0.15) is 19.3 Å². The first-order valence-electron chi connectivity index (χ1n) is 5.54. The summed E-state index contributed by atoms with van der Waals surface area (Å²) in [7, 11) is 1.74. The summed E-state index contributed by atoms with van der Waals surface area (Å²) in [4.78, 5) is 7.97. The molecule has 0 aliphatic heterocycles. The van der Waals surface area contributed by atoms with Crippen LogP contribution in [0, 0.1) is 5.41 Å². The number of aromatic nitrogens is 2. The van der Waals surface area contributed by atoms with Gasteiger partial charge >= 0.3 is 0 Å². The molecule has 1 aromatic rings. The Labute approximate surface area is 95.4 Å². The van der Waals surface area contributed by atoms with Gasteiger partial charge in [0.1, 0.15) is 6.33 Å². The van der Waals surface area contributed by atoms with E-state index in [0.717, 1.165) is 25.4 Å². The molecular formula is C11H18N4O. The minimum absolute atomic E-state index is 0.396. The van der Waals surface area contributed by atoms with Crippen LogP contribution in [0.4, 0.5) is 11.5 Å². The maximum absolute atomic E-state index is 5.76. The van der Waals surface area contributed by atoms with Crippen LogP contribution in [-0.2, 0) is 4.74 Å². The van der Waals surface area contributed by atoms with Crippen molar-refractivity contribution in [2.24, 2.45) is 5.41 Å². The molecule has 0 bridgehead atoms. The topological polar surface area (TPSA) is 73.1 Å². The Balaban J connectivity index is 1.85. The fourth-order valence-corrected chi connectivity index (χ4v) is 1.77. The molecule has 0 saturated heterocycles. The predicted octanol–water partition coefficient (Wildman–Crippen LogP) is 1.29. The van der Waals surface area contributed by atoms with E-state index in [2.05, 4.69) is 15.3 Å². The minimum Gasteiger partial charge on any atom is -0.394 e. The Bertz CT molecular complexity index is 352. The lowest BCUT2D eigenvalue weighted by atomic mass is 10.0. The Kier molecular flexibility index (Phi) is 3.24. The SMILES string of the molecule is COCCC1(CNc2ncncc2N)CC1. The molecule has 2 rings (SSSR count). The number of nitrogens with one attached hydrogen (secondary N) is 1. The molecule has 5 heteroatoms. The first kappa shape index (κ1) is 11.1. The third-order valence-corrected chi connectivity index (χ3v) is 3.17. The van der Waals surface area contributed by atoms with Gasteiger partial charge in [0, 0.05) is 20.3 Å². The molecule has 0 amide bonds. The molecule has 1 saturated carbocycles. The van der Waals surface area contributed by atoms with E-state index in [1.165, 1.54) is 19.2 Å². The van der Waals surface area contributed by atoms with Crippen LogP contribution in [0.25, 0.3) is 0 Å².